The second-order valence-corrected chi connectivity index (χ2v) is 5.52. The molecule has 0 radical (unpaired) electrons. The number of nitrogens with zero attached hydrogens (tertiary/aromatic N) is 2. The number of amides is 2. The van der Waals surface area contributed by atoms with E-state index in [1.54, 1.807) is 24.9 Å². The van der Waals surface area contributed by atoms with Crippen molar-refractivity contribution in [3.8, 4) is 0 Å². The minimum atomic E-state index is -1.27. The Bertz CT molecular complexity index is 687. The summed E-state index contributed by atoms with van der Waals surface area (Å²) in [6, 6.07) is 3.37. The number of benzene rings is 1. The van der Waals surface area contributed by atoms with E-state index in [0.29, 0.717) is 5.56 Å². The van der Waals surface area contributed by atoms with Gasteiger partial charge in [0.05, 0.1) is 17.8 Å². The van der Waals surface area contributed by atoms with Crippen molar-refractivity contribution in [1.29, 1.82) is 0 Å². The van der Waals surface area contributed by atoms with E-state index >= 15 is 0 Å². The van der Waals surface area contributed by atoms with Crippen LogP contribution in [0.5, 0.6) is 0 Å². The first-order valence-corrected chi connectivity index (χ1v) is 6.87. The summed E-state index contributed by atoms with van der Waals surface area (Å²) in [5.74, 6) is -0.623. The number of aryl methyl sites for hydroxylation is 1. The molecule has 22 heavy (non-hydrogen) atoms. The molecule has 1 aromatic carbocycles. The van der Waals surface area contributed by atoms with Gasteiger partial charge in [-0.2, -0.15) is 5.10 Å². The minimum absolute atomic E-state index is 0.0227. The summed E-state index contributed by atoms with van der Waals surface area (Å²) in [4.78, 5) is 11.8. The topological polar surface area (TPSA) is 79.2 Å². The highest BCUT2D eigenvalue weighted by molar-refractivity contribution is 6.30. The molecule has 2 rings (SSSR count). The minimum Gasteiger partial charge on any atom is -0.383 e. The Morgan fingerprint density at radius 3 is 2.86 bits per heavy atom. The molecule has 3 N–H and O–H groups in total. The summed E-state index contributed by atoms with van der Waals surface area (Å²) >= 11 is 5.56. The van der Waals surface area contributed by atoms with Gasteiger partial charge < -0.3 is 15.7 Å². The summed E-state index contributed by atoms with van der Waals surface area (Å²) in [7, 11) is 1.73. The van der Waals surface area contributed by atoms with E-state index in [9.17, 15) is 14.3 Å². The van der Waals surface area contributed by atoms with Crippen molar-refractivity contribution in [3.63, 3.8) is 0 Å². The zero-order chi connectivity index (χ0) is 16.3. The normalized spacial score (nSPS) is 13.5. The molecule has 0 unspecified atom stereocenters. The summed E-state index contributed by atoms with van der Waals surface area (Å²) in [5, 5.41) is 19.2. The van der Waals surface area contributed by atoms with Crippen molar-refractivity contribution in [2.24, 2.45) is 7.05 Å². The molecule has 8 heteroatoms. The number of hydrogen-bond acceptors (Lipinski definition) is 3. The van der Waals surface area contributed by atoms with Crippen LogP contribution in [0.15, 0.2) is 30.6 Å². The van der Waals surface area contributed by atoms with Gasteiger partial charge in [-0.1, -0.05) is 11.6 Å². The van der Waals surface area contributed by atoms with E-state index < -0.39 is 17.4 Å². The van der Waals surface area contributed by atoms with Crippen LogP contribution in [0.4, 0.5) is 14.9 Å². The van der Waals surface area contributed by atoms with Crippen molar-refractivity contribution in [2.45, 2.75) is 12.5 Å². The molecule has 118 valence electrons. The van der Waals surface area contributed by atoms with Crippen LogP contribution in [0.3, 0.4) is 0 Å². The third-order valence-corrected chi connectivity index (χ3v) is 3.40. The average molecular weight is 327 g/mol. The molecule has 2 amide bonds. The number of anilines is 1. The molecule has 6 nitrogen and oxygen atoms in total. The quantitative estimate of drug-likeness (QED) is 0.806. The Labute approximate surface area is 131 Å². The molecule has 0 aliphatic heterocycles. The van der Waals surface area contributed by atoms with Gasteiger partial charge in [0.15, 0.2) is 0 Å². The summed E-state index contributed by atoms with van der Waals surface area (Å²) in [6.07, 6.45) is 3.18. The third-order valence-electron chi connectivity index (χ3n) is 3.10. The summed E-state index contributed by atoms with van der Waals surface area (Å²) < 4.78 is 14.8. The van der Waals surface area contributed by atoms with E-state index in [0.717, 1.165) is 6.07 Å². The smallest absolute Gasteiger partial charge is 0.319 e. The number of halogens is 2. The monoisotopic (exact) mass is 326 g/mol. The highest BCUT2D eigenvalue weighted by Gasteiger charge is 2.25. The van der Waals surface area contributed by atoms with Crippen LogP contribution in [0.25, 0.3) is 0 Å². The maximum atomic E-state index is 13.3. The molecule has 0 aliphatic rings. The molecule has 2 aromatic rings. The number of carbonyl (C=O) groups is 1. The van der Waals surface area contributed by atoms with Crippen molar-refractivity contribution in [1.82, 2.24) is 15.1 Å². The number of urea groups is 1. The highest BCUT2D eigenvalue weighted by Crippen LogP contribution is 2.20. The van der Waals surface area contributed by atoms with Crippen LogP contribution in [0, 0.1) is 5.82 Å². The van der Waals surface area contributed by atoms with Crippen LogP contribution >= 0.6 is 11.6 Å². The fourth-order valence-corrected chi connectivity index (χ4v) is 1.92. The van der Waals surface area contributed by atoms with Gasteiger partial charge >= 0.3 is 6.03 Å². The molecule has 1 aromatic heterocycles. The molecule has 1 atom stereocenters. The molecule has 0 saturated carbocycles. The van der Waals surface area contributed by atoms with Crippen LogP contribution < -0.4 is 10.6 Å². The van der Waals surface area contributed by atoms with Gasteiger partial charge in [-0.15, -0.1) is 0 Å². The number of aromatic nitrogens is 2. The van der Waals surface area contributed by atoms with Gasteiger partial charge in [0.2, 0.25) is 0 Å². The highest BCUT2D eigenvalue weighted by atomic mass is 35.5. The number of nitrogens with one attached hydrogen (secondary N) is 2. The number of rotatable bonds is 4. The van der Waals surface area contributed by atoms with Crippen molar-refractivity contribution in [3.05, 3.63) is 47.0 Å². The first kappa shape index (κ1) is 16.3. The van der Waals surface area contributed by atoms with E-state index in [-0.39, 0.29) is 17.3 Å². The lowest BCUT2D eigenvalue weighted by molar-refractivity contribution is 0.0599. The van der Waals surface area contributed by atoms with Crippen LogP contribution in [0.1, 0.15) is 12.5 Å². The van der Waals surface area contributed by atoms with Gasteiger partial charge in [0.25, 0.3) is 0 Å². The lowest BCUT2D eigenvalue weighted by Crippen LogP contribution is -2.40. The molecular formula is C14H16ClFN4O2. The van der Waals surface area contributed by atoms with E-state index in [2.05, 4.69) is 15.7 Å². The molecule has 0 bridgehead atoms. The first-order chi connectivity index (χ1) is 10.3. The van der Waals surface area contributed by atoms with Crippen molar-refractivity contribution >= 4 is 23.3 Å². The number of hydrogen-bond donors (Lipinski definition) is 3. The third kappa shape index (κ3) is 3.96. The Hall–Kier alpha value is -2.12. The second-order valence-electron chi connectivity index (χ2n) is 5.11. The standard InChI is InChI=1S/C14H16ClFN4O2/c1-14(22,9-6-18-20(2)7-9)8-17-13(21)19-10-3-4-11(15)12(16)5-10/h3-7,22H,8H2,1-2H3,(H2,17,19,21)/t14-/m1/s1. The molecular weight excluding hydrogens is 311 g/mol. The van der Waals surface area contributed by atoms with Crippen molar-refractivity contribution < 1.29 is 14.3 Å². The maximum absolute atomic E-state index is 13.3. The molecule has 0 saturated heterocycles. The van der Waals surface area contributed by atoms with Crippen LogP contribution in [0.2, 0.25) is 5.02 Å². The fraction of sp³-hybridized carbons (Fsp3) is 0.286. The first-order valence-electron chi connectivity index (χ1n) is 6.49. The predicted molar refractivity (Wildman–Crippen MR) is 81.2 cm³/mol. The number of aliphatic hydroxyl groups is 1. The Morgan fingerprint density at radius 2 is 2.27 bits per heavy atom. The molecule has 0 fully saturated rings. The second kappa shape index (κ2) is 6.33. The van der Waals surface area contributed by atoms with Crippen LogP contribution in [-0.4, -0.2) is 27.5 Å². The SMILES string of the molecule is Cn1cc([C@](C)(O)CNC(=O)Nc2ccc(Cl)c(F)c2)cn1. The van der Waals surface area contributed by atoms with Crippen LogP contribution in [-0.2, 0) is 12.6 Å². The Kier molecular flexibility index (Phi) is 4.68. The number of carbonyl (C=O) groups excluding carboxylic acids is 1. The van der Waals surface area contributed by atoms with E-state index in [1.807, 2.05) is 0 Å². The lowest BCUT2D eigenvalue weighted by atomic mass is 10.00. The van der Waals surface area contributed by atoms with Gasteiger partial charge in [-0.25, -0.2) is 9.18 Å². The van der Waals surface area contributed by atoms with Gasteiger partial charge in [0, 0.05) is 24.5 Å². The summed E-state index contributed by atoms with van der Waals surface area (Å²) in [6.45, 7) is 1.53. The van der Waals surface area contributed by atoms with Gasteiger partial charge in [-0.05, 0) is 25.1 Å². The fourth-order valence-electron chi connectivity index (χ4n) is 1.80. The molecule has 1 heterocycles. The predicted octanol–water partition coefficient (Wildman–Crippen LogP) is 2.24. The summed E-state index contributed by atoms with van der Waals surface area (Å²) in [5.41, 5.74) is -0.426. The molecule has 0 spiro atoms. The van der Waals surface area contributed by atoms with Gasteiger partial charge in [0.1, 0.15) is 11.4 Å². The average Bonchev–Trinajstić information content (AvgIpc) is 2.88. The lowest BCUT2D eigenvalue weighted by Gasteiger charge is -2.22. The van der Waals surface area contributed by atoms with E-state index in [1.165, 1.54) is 18.3 Å². The zero-order valence-electron chi connectivity index (χ0n) is 12.1. The largest absolute Gasteiger partial charge is 0.383 e. The van der Waals surface area contributed by atoms with E-state index in [4.69, 9.17) is 11.6 Å². The Morgan fingerprint density at radius 1 is 1.55 bits per heavy atom. The van der Waals surface area contributed by atoms with Crippen molar-refractivity contribution in [2.75, 3.05) is 11.9 Å². The van der Waals surface area contributed by atoms with Gasteiger partial charge in [-0.3, -0.25) is 4.68 Å². The zero-order valence-corrected chi connectivity index (χ0v) is 12.9. The Balaban J connectivity index is 1.93. The maximum Gasteiger partial charge on any atom is 0.319 e. The molecule has 0 aliphatic carbocycles.